The van der Waals surface area contributed by atoms with Gasteiger partial charge in [0.2, 0.25) is 14.3 Å². The fourth-order valence-corrected chi connectivity index (χ4v) is 6.80. The zero-order chi connectivity index (χ0) is 28.1. The molecule has 0 radical (unpaired) electrons. The summed E-state index contributed by atoms with van der Waals surface area (Å²) in [5, 5.41) is 7.91. The first-order valence-electron chi connectivity index (χ1n) is 13.6. The van der Waals surface area contributed by atoms with Crippen molar-refractivity contribution in [2.24, 2.45) is 5.41 Å². The molecule has 214 valence electrons. The number of nitrogens with one attached hydrogen (secondary N) is 2. The molecule has 0 saturated carbocycles. The largest absolute Gasteiger partial charge is 0.494 e. The minimum absolute atomic E-state index is 0.398. The van der Waals surface area contributed by atoms with Crippen LogP contribution in [0.2, 0.25) is 5.02 Å². The van der Waals surface area contributed by atoms with Crippen LogP contribution in [0, 0.1) is 5.41 Å². The van der Waals surface area contributed by atoms with E-state index < -0.39 is 8.38 Å². The first-order chi connectivity index (χ1) is 19.4. The molecule has 1 spiro atoms. The average Bonchev–Trinajstić information content (AvgIpc) is 2.98. The maximum absolute atomic E-state index is 6.47. The topological polar surface area (TPSA) is 84.0 Å². The highest BCUT2D eigenvalue weighted by atomic mass is 35.5. The summed E-state index contributed by atoms with van der Waals surface area (Å²) in [4.78, 5) is 14.0. The molecule has 0 atom stereocenters. The van der Waals surface area contributed by atoms with Crippen LogP contribution in [0.1, 0.15) is 25.7 Å². The van der Waals surface area contributed by atoms with Crippen molar-refractivity contribution in [2.45, 2.75) is 25.7 Å². The second-order valence-electron chi connectivity index (χ2n) is 10.5. The van der Waals surface area contributed by atoms with E-state index in [1.807, 2.05) is 30.3 Å². The van der Waals surface area contributed by atoms with E-state index in [-0.39, 0.29) is 0 Å². The van der Waals surface area contributed by atoms with Gasteiger partial charge in [0.25, 0.3) is 0 Å². The van der Waals surface area contributed by atoms with E-state index in [4.69, 9.17) is 25.4 Å². The lowest BCUT2D eigenvalue weighted by Crippen LogP contribution is -2.46. The Labute approximate surface area is 243 Å². The van der Waals surface area contributed by atoms with Gasteiger partial charge in [-0.3, -0.25) is 0 Å². The van der Waals surface area contributed by atoms with Gasteiger partial charge in [0.1, 0.15) is 10.8 Å². The number of anilines is 5. The van der Waals surface area contributed by atoms with Crippen molar-refractivity contribution in [3.05, 3.63) is 53.7 Å². The molecule has 5 rings (SSSR count). The van der Waals surface area contributed by atoms with Crippen LogP contribution in [-0.4, -0.2) is 69.4 Å². The minimum Gasteiger partial charge on any atom is -0.494 e. The smallest absolute Gasteiger partial charge is 0.229 e. The Kier molecular flexibility index (Phi) is 9.28. The number of likely N-dealkylation sites (tertiary alicyclic amines) is 1. The third-order valence-electron chi connectivity index (χ3n) is 8.10. The van der Waals surface area contributed by atoms with Crippen LogP contribution in [0.5, 0.6) is 5.75 Å². The summed E-state index contributed by atoms with van der Waals surface area (Å²) in [5.41, 5.74) is 3.27. The number of hydrogen-bond acceptors (Lipinski definition) is 9. The second kappa shape index (κ2) is 12.9. The molecule has 40 heavy (non-hydrogen) atoms. The van der Waals surface area contributed by atoms with E-state index in [9.17, 15) is 0 Å². The number of benzene rings is 2. The van der Waals surface area contributed by atoms with Gasteiger partial charge >= 0.3 is 0 Å². The van der Waals surface area contributed by atoms with E-state index in [2.05, 4.69) is 49.6 Å². The molecular weight excluding hydrogens is 547 g/mol. The fraction of sp³-hybridized carbons (Fsp3) is 0.448. The first-order valence-corrected chi connectivity index (χ1v) is 15.1. The van der Waals surface area contributed by atoms with Gasteiger partial charge in [-0.25, -0.2) is 4.98 Å². The van der Waals surface area contributed by atoms with Gasteiger partial charge in [0.05, 0.1) is 30.0 Å². The monoisotopic (exact) mass is 584 g/mol. The summed E-state index contributed by atoms with van der Waals surface area (Å²) in [5.74, 6) is 1.61. The van der Waals surface area contributed by atoms with Gasteiger partial charge in [0.15, 0.2) is 5.82 Å². The SMILES string of the molecule is COc1cc(N2CCC3(CCN(C)CC3)CC2)ccc1Nc1ncc(Cl)c(Nc2ccccc2P(OC)OC)n1. The van der Waals surface area contributed by atoms with Gasteiger partial charge in [-0.05, 0) is 75.5 Å². The fourth-order valence-electron chi connectivity index (χ4n) is 5.58. The summed E-state index contributed by atoms with van der Waals surface area (Å²) < 4.78 is 16.8. The maximum atomic E-state index is 6.47. The van der Waals surface area contributed by atoms with Crippen molar-refractivity contribution < 1.29 is 13.8 Å². The number of piperidine rings is 2. The molecule has 0 unspecified atom stereocenters. The standard InChI is InChI=1S/C29H38ClN6O3P/c1-35-15-11-29(12-16-35)13-17-36(18-14-29)21-9-10-23(25(19-21)37-2)33-28-31-20-22(30)27(34-28)32-24-7-5-6-8-26(24)40(38-3)39-4/h5-10,19-20H,11-18H2,1-4H3,(H2,31,32,33,34). The summed E-state index contributed by atoms with van der Waals surface area (Å²) in [7, 11) is 5.93. The van der Waals surface area contributed by atoms with Crippen molar-refractivity contribution in [1.29, 1.82) is 0 Å². The summed E-state index contributed by atoms with van der Waals surface area (Å²) in [6.07, 6.45) is 6.69. The van der Waals surface area contributed by atoms with Crippen LogP contribution in [0.15, 0.2) is 48.7 Å². The van der Waals surface area contributed by atoms with Crippen LogP contribution in [0.3, 0.4) is 0 Å². The van der Waals surface area contributed by atoms with Crippen molar-refractivity contribution in [3.8, 4) is 5.75 Å². The minimum atomic E-state index is -1.24. The summed E-state index contributed by atoms with van der Waals surface area (Å²) in [6, 6.07) is 14.0. The third-order valence-corrected chi connectivity index (χ3v) is 9.82. The van der Waals surface area contributed by atoms with Gasteiger partial charge in [-0.2, -0.15) is 4.98 Å². The van der Waals surface area contributed by atoms with Crippen molar-refractivity contribution >= 4 is 54.1 Å². The molecule has 2 saturated heterocycles. The Morgan fingerprint density at radius 1 is 0.900 bits per heavy atom. The van der Waals surface area contributed by atoms with Crippen LogP contribution in [0.25, 0.3) is 0 Å². The maximum Gasteiger partial charge on any atom is 0.229 e. The Balaban J connectivity index is 1.29. The molecule has 0 amide bonds. The number of aromatic nitrogens is 2. The molecule has 2 fully saturated rings. The molecule has 1 aromatic heterocycles. The Hall–Kier alpha value is -2.68. The third kappa shape index (κ3) is 6.45. The molecule has 0 bridgehead atoms. The van der Waals surface area contributed by atoms with Gasteiger partial charge < -0.3 is 34.2 Å². The molecule has 2 aliphatic heterocycles. The Morgan fingerprint density at radius 3 is 2.30 bits per heavy atom. The van der Waals surface area contributed by atoms with Crippen molar-refractivity contribution in [1.82, 2.24) is 14.9 Å². The molecule has 3 heterocycles. The molecule has 3 aromatic rings. The zero-order valence-corrected chi connectivity index (χ0v) is 25.3. The molecular formula is C29H38ClN6O3P. The number of rotatable bonds is 9. The predicted molar refractivity (Wildman–Crippen MR) is 164 cm³/mol. The van der Waals surface area contributed by atoms with Gasteiger partial charge in [-0.1, -0.05) is 23.7 Å². The zero-order valence-electron chi connectivity index (χ0n) is 23.6. The molecule has 2 aromatic carbocycles. The summed E-state index contributed by atoms with van der Waals surface area (Å²) in [6.45, 7) is 4.58. The lowest BCUT2D eigenvalue weighted by Gasteiger charge is -2.47. The number of nitrogens with zero attached hydrogens (tertiary/aromatic N) is 4. The van der Waals surface area contributed by atoms with Crippen LogP contribution in [-0.2, 0) is 9.05 Å². The van der Waals surface area contributed by atoms with Gasteiger partial charge in [-0.15, -0.1) is 0 Å². The second-order valence-corrected chi connectivity index (χ2v) is 12.6. The lowest BCUT2D eigenvalue weighted by atomic mass is 9.71. The van der Waals surface area contributed by atoms with E-state index in [0.29, 0.717) is 22.2 Å². The van der Waals surface area contributed by atoms with Crippen molar-refractivity contribution in [2.75, 3.05) is 70.1 Å². The average molecular weight is 585 g/mol. The van der Waals surface area contributed by atoms with Crippen LogP contribution >= 0.6 is 20.0 Å². The highest BCUT2D eigenvalue weighted by molar-refractivity contribution is 7.56. The molecule has 9 nitrogen and oxygen atoms in total. The number of ether oxygens (including phenoxy) is 1. The normalized spacial score (nSPS) is 17.3. The number of hydrogen-bond donors (Lipinski definition) is 2. The van der Waals surface area contributed by atoms with E-state index in [0.717, 1.165) is 35.5 Å². The highest BCUT2D eigenvalue weighted by Crippen LogP contribution is 2.43. The van der Waals surface area contributed by atoms with Gasteiger partial charge in [0, 0.05) is 39.1 Å². The van der Waals surface area contributed by atoms with Crippen LogP contribution < -0.4 is 25.6 Å². The molecule has 0 aliphatic carbocycles. The number of para-hydroxylation sites is 1. The highest BCUT2D eigenvalue weighted by Gasteiger charge is 2.37. The van der Waals surface area contributed by atoms with E-state index in [1.54, 1.807) is 27.5 Å². The van der Waals surface area contributed by atoms with Crippen molar-refractivity contribution in [3.63, 3.8) is 0 Å². The quantitative estimate of drug-likeness (QED) is 0.287. The number of halogens is 1. The number of methoxy groups -OCH3 is 1. The Bertz CT molecular complexity index is 1290. The van der Waals surface area contributed by atoms with E-state index >= 15 is 0 Å². The van der Waals surface area contributed by atoms with E-state index in [1.165, 1.54) is 44.5 Å². The molecule has 11 heteroatoms. The molecule has 2 N–H and O–H groups in total. The Morgan fingerprint density at radius 2 is 1.60 bits per heavy atom. The lowest BCUT2D eigenvalue weighted by molar-refractivity contribution is 0.0945. The van der Waals surface area contributed by atoms with Crippen LogP contribution in [0.4, 0.5) is 28.8 Å². The summed E-state index contributed by atoms with van der Waals surface area (Å²) >= 11 is 6.47. The molecule has 2 aliphatic rings. The predicted octanol–water partition coefficient (Wildman–Crippen LogP) is 6.17. The first kappa shape index (κ1) is 28.8.